The SMILES string of the molecule is O=c1[nH]cc(Cc2cccnc2)cc1[N+](=O)[O-]. The Morgan fingerprint density at radius 2 is 2.24 bits per heavy atom. The van der Waals surface area contributed by atoms with E-state index in [2.05, 4.69) is 9.97 Å². The van der Waals surface area contributed by atoms with E-state index in [-0.39, 0.29) is 0 Å². The molecule has 6 nitrogen and oxygen atoms in total. The van der Waals surface area contributed by atoms with Crippen LogP contribution >= 0.6 is 0 Å². The highest BCUT2D eigenvalue weighted by Crippen LogP contribution is 2.10. The lowest BCUT2D eigenvalue weighted by Gasteiger charge is -2.00. The van der Waals surface area contributed by atoms with Crippen LogP contribution in [0, 0.1) is 10.1 Å². The first-order valence-electron chi connectivity index (χ1n) is 4.92. The van der Waals surface area contributed by atoms with Gasteiger partial charge in [-0.1, -0.05) is 6.07 Å². The van der Waals surface area contributed by atoms with Gasteiger partial charge in [0.25, 0.3) is 0 Å². The third-order valence-electron chi connectivity index (χ3n) is 2.27. The van der Waals surface area contributed by atoms with Crippen LogP contribution < -0.4 is 5.56 Å². The van der Waals surface area contributed by atoms with Gasteiger partial charge in [0.05, 0.1) is 4.92 Å². The molecule has 0 aliphatic heterocycles. The summed E-state index contributed by atoms with van der Waals surface area (Å²) in [5.41, 5.74) is 0.467. The summed E-state index contributed by atoms with van der Waals surface area (Å²) in [6.45, 7) is 0. The van der Waals surface area contributed by atoms with Crippen molar-refractivity contribution in [3.8, 4) is 0 Å². The summed E-state index contributed by atoms with van der Waals surface area (Å²) < 4.78 is 0. The lowest BCUT2D eigenvalue weighted by molar-refractivity contribution is -0.386. The summed E-state index contributed by atoms with van der Waals surface area (Å²) in [4.78, 5) is 27.4. The molecule has 6 heteroatoms. The minimum Gasteiger partial charge on any atom is -0.323 e. The maximum absolute atomic E-state index is 11.2. The van der Waals surface area contributed by atoms with Crippen molar-refractivity contribution in [3.63, 3.8) is 0 Å². The van der Waals surface area contributed by atoms with E-state index in [0.717, 1.165) is 5.56 Å². The molecule has 86 valence electrons. The molecule has 2 aromatic rings. The average molecular weight is 231 g/mol. The molecular formula is C11H9N3O3. The van der Waals surface area contributed by atoms with Gasteiger partial charge in [-0.3, -0.25) is 19.9 Å². The molecule has 0 bridgehead atoms. The van der Waals surface area contributed by atoms with Gasteiger partial charge < -0.3 is 4.98 Å². The Kier molecular flexibility index (Phi) is 2.95. The van der Waals surface area contributed by atoms with Crippen LogP contribution in [0.2, 0.25) is 0 Å². The number of aromatic nitrogens is 2. The Labute approximate surface area is 96.1 Å². The first-order valence-corrected chi connectivity index (χ1v) is 4.92. The van der Waals surface area contributed by atoms with E-state index >= 15 is 0 Å². The fourth-order valence-corrected chi connectivity index (χ4v) is 1.49. The molecule has 0 fully saturated rings. The summed E-state index contributed by atoms with van der Waals surface area (Å²) in [5, 5.41) is 10.6. The molecule has 2 heterocycles. The Morgan fingerprint density at radius 1 is 1.41 bits per heavy atom. The minimum atomic E-state index is -0.690. The van der Waals surface area contributed by atoms with E-state index in [0.29, 0.717) is 12.0 Å². The highest BCUT2D eigenvalue weighted by atomic mass is 16.6. The van der Waals surface area contributed by atoms with E-state index in [1.165, 1.54) is 12.3 Å². The van der Waals surface area contributed by atoms with Crippen LogP contribution in [-0.2, 0) is 6.42 Å². The van der Waals surface area contributed by atoms with Crippen LogP contribution in [0.3, 0.4) is 0 Å². The van der Waals surface area contributed by atoms with Gasteiger partial charge in [-0.2, -0.15) is 0 Å². The zero-order chi connectivity index (χ0) is 12.3. The van der Waals surface area contributed by atoms with Crippen LogP contribution in [0.25, 0.3) is 0 Å². The van der Waals surface area contributed by atoms with E-state index in [9.17, 15) is 14.9 Å². The number of nitrogens with zero attached hydrogens (tertiary/aromatic N) is 2. The van der Waals surface area contributed by atoms with E-state index in [1.54, 1.807) is 18.5 Å². The Balaban J connectivity index is 2.32. The Bertz CT molecular complexity index is 592. The molecule has 17 heavy (non-hydrogen) atoms. The first-order chi connectivity index (χ1) is 8.16. The van der Waals surface area contributed by atoms with Gasteiger partial charge in [0.15, 0.2) is 0 Å². The summed E-state index contributed by atoms with van der Waals surface area (Å²) in [6, 6.07) is 4.94. The van der Waals surface area contributed by atoms with Crippen molar-refractivity contribution < 1.29 is 4.92 Å². The van der Waals surface area contributed by atoms with Gasteiger partial charge >= 0.3 is 11.2 Å². The van der Waals surface area contributed by atoms with Gasteiger partial charge in [-0.25, -0.2) is 0 Å². The molecule has 0 aliphatic rings. The number of nitrogens with one attached hydrogen (secondary N) is 1. The van der Waals surface area contributed by atoms with Crippen molar-refractivity contribution in [1.82, 2.24) is 9.97 Å². The van der Waals surface area contributed by atoms with Gasteiger partial charge in [0.2, 0.25) is 0 Å². The molecule has 0 saturated heterocycles. The Hall–Kier alpha value is -2.50. The van der Waals surface area contributed by atoms with Gasteiger partial charge in [0, 0.05) is 31.1 Å². The van der Waals surface area contributed by atoms with Crippen LogP contribution in [-0.4, -0.2) is 14.9 Å². The van der Waals surface area contributed by atoms with Crippen molar-refractivity contribution in [2.24, 2.45) is 0 Å². The number of aromatic amines is 1. The van der Waals surface area contributed by atoms with Gasteiger partial charge in [0.1, 0.15) is 0 Å². The van der Waals surface area contributed by atoms with Crippen LogP contribution in [0.1, 0.15) is 11.1 Å². The second-order valence-electron chi connectivity index (χ2n) is 3.52. The van der Waals surface area contributed by atoms with Crippen LogP contribution in [0.15, 0.2) is 41.6 Å². The normalized spacial score (nSPS) is 10.1. The van der Waals surface area contributed by atoms with Crippen LogP contribution in [0.4, 0.5) is 5.69 Å². The van der Waals surface area contributed by atoms with Crippen molar-refractivity contribution in [1.29, 1.82) is 0 Å². The summed E-state index contributed by atoms with van der Waals surface area (Å²) in [6.07, 6.45) is 5.30. The van der Waals surface area contributed by atoms with E-state index in [1.807, 2.05) is 6.07 Å². The van der Waals surface area contributed by atoms with Gasteiger partial charge in [-0.05, 0) is 17.2 Å². The predicted octanol–water partition coefficient (Wildman–Crippen LogP) is 1.27. The zero-order valence-electron chi connectivity index (χ0n) is 8.79. The molecule has 0 atom stereocenters. The summed E-state index contributed by atoms with van der Waals surface area (Å²) in [7, 11) is 0. The first kappa shape index (κ1) is 11.0. The second-order valence-corrected chi connectivity index (χ2v) is 3.52. The van der Waals surface area contributed by atoms with Crippen molar-refractivity contribution in [2.75, 3.05) is 0 Å². The lowest BCUT2D eigenvalue weighted by atomic mass is 10.1. The summed E-state index contributed by atoms with van der Waals surface area (Å²) >= 11 is 0. The third-order valence-corrected chi connectivity index (χ3v) is 2.27. The molecule has 0 unspecified atom stereocenters. The van der Waals surface area contributed by atoms with Crippen LogP contribution in [0.5, 0.6) is 0 Å². The number of nitro groups is 1. The third kappa shape index (κ3) is 2.54. The van der Waals surface area contributed by atoms with E-state index < -0.39 is 16.2 Å². The highest BCUT2D eigenvalue weighted by molar-refractivity contribution is 5.32. The quantitative estimate of drug-likeness (QED) is 0.636. The molecule has 1 N–H and O–H groups in total. The van der Waals surface area contributed by atoms with E-state index in [4.69, 9.17) is 0 Å². The molecule has 0 amide bonds. The highest BCUT2D eigenvalue weighted by Gasteiger charge is 2.12. The molecule has 0 saturated carbocycles. The van der Waals surface area contributed by atoms with Crippen molar-refractivity contribution >= 4 is 5.69 Å². The molecular weight excluding hydrogens is 222 g/mol. The lowest BCUT2D eigenvalue weighted by Crippen LogP contribution is -2.11. The zero-order valence-corrected chi connectivity index (χ0v) is 8.79. The van der Waals surface area contributed by atoms with Gasteiger partial charge in [-0.15, -0.1) is 0 Å². The number of rotatable bonds is 3. The minimum absolute atomic E-state index is 0.439. The smallest absolute Gasteiger partial charge is 0.323 e. The monoisotopic (exact) mass is 231 g/mol. The number of hydrogen-bond acceptors (Lipinski definition) is 4. The molecule has 2 rings (SSSR count). The molecule has 0 spiro atoms. The fraction of sp³-hybridized carbons (Fsp3) is 0.0909. The standard InChI is InChI=1S/C11H9N3O3/c15-11-10(14(16)17)5-9(7-13-11)4-8-2-1-3-12-6-8/h1-3,5-7H,4H2,(H,13,15). The average Bonchev–Trinajstić information content (AvgIpc) is 2.32. The molecule has 0 aliphatic carbocycles. The molecule has 2 aromatic heterocycles. The number of H-pyrrole nitrogens is 1. The topological polar surface area (TPSA) is 88.9 Å². The number of pyridine rings is 2. The predicted molar refractivity (Wildman–Crippen MR) is 60.8 cm³/mol. The van der Waals surface area contributed by atoms with Crippen molar-refractivity contribution in [3.05, 3.63) is 68.4 Å². The van der Waals surface area contributed by atoms with Crippen molar-refractivity contribution in [2.45, 2.75) is 6.42 Å². The fourth-order valence-electron chi connectivity index (χ4n) is 1.49. The maximum Gasteiger partial charge on any atom is 0.334 e. The largest absolute Gasteiger partial charge is 0.334 e. The Morgan fingerprint density at radius 3 is 2.88 bits per heavy atom. The second kappa shape index (κ2) is 4.56. The summed E-state index contributed by atoms with van der Waals surface area (Å²) in [5.74, 6) is 0. The molecule has 0 aromatic carbocycles. The molecule has 0 radical (unpaired) electrons. The maximum atomic E-state index is 11.2. The number of hydrogen-bond donors (Lipinski definition) is 1.